The molecule has 0 saturated heterocycles. The van der Waals surface area contributed by atoms with Crippen molar-refractivity contribution < 1.29 is 30.8 Å². The van der Waals surface area contributed by atoms with Crippen molar-refractivity contribution in [2.24, 2.45) is 0 Å². The average molecular weight is 355 g/mol. The van der Waals surface area contributed by atoms with Gasteiger partial charge in [0, 0.05) is 13.1 Å². The van der Waals surface area contributed by atoms with Gasteiger partial charge in [0.1, 0.15) is 5.82 Å². The number of methoxy groups -OCH3 is 2. The SMILES string of the molecule is COc1ccc(CNCc2ccc(F)cc2)cc1OC.[Br-]. The Bertz CT molecular complexity index is 561. The Morgan fingerprint density at radius 3 is 2.05 bits per heavy atom. The summed E-state index contributed by atoms with van der Waals surface area (Å²) in [4.78, 5) is 0. The molecule has 2 aromatic carbocycles. The van der Waals surface area contributed by atoms with E-state index in [9.17, 15) is 4.39 Å². The van der Waals surface area contributed by atoms with Gasteiger partial charge in [-0.3, -0.25) is 0 Å². The van der Waals surface area contributed by atoms with Crippen LogP contribution in [0.5, 0.6) is 11.5 Å². The summed E-state index contributed by atoms with van der Waals surface area (Å²) in [6.07, 6.45) is 0. The van der Waals surface area contributed by atoms with Gasteiger partial charge in [0.25, 0.3) is 0 Å². The van der Waals surface area contributed by atoms with E-state index in [1.165, 1.54) is 12.1 Å². The standard InChI is InChI=1S/C16H18FNO2.BrH/c1-19-15-8-5-13(9-16(15)20-2)11-18-10-12-3-6-14(17)7-4-12;/h3-9,18H,10-11H2,1-2H3;1H/p-1. The van der Waals surface area contributed by atoms with Gasteiger partial charge >= 0.3 is 0 Å². The minimum atomic E-state index is -0.214. The first-order chi connectivity index (χ1) is 9.72. The van der Waals surface area contributed by atoms with E-state index in [-0.39, 0.29) is 22.8 Å². The molecule has 21 heavy (non-hydrogen) atoms. The summed E-state index contributed by atoms with van der Waals surface area (Å²) in [6, 6.07) is 12.3. The van der Waals surface area contributed by atoms with E-state index in [0.717, 1.165) is 16.9 Å². The fourth-order valence-corrected chi connectivity index (χ4v) is 1.94. The van der Waals surface area contributed by atoms with E-state index in [4.69, 9.17) is 9.47 Å². The molecule has 0 aliphatic carbocycles. The highest BCUT2D eigenvalue weighted by Crippen LogP contribution is 2.27. The summed E-state index contributed by atoms with van der Waals surface area (Å²) in [7, 11) is 3.23. The van der Waals surface area contributed by atoms with Gasteiger partial charge in [-0.05, 0) is 35.4 Å². The number of hydrogen-bond acceptors (Lipinski definition) is 3. The fraction of sp³-hybridized carbons (Fsp3) is 0.250. The monoisotopic (exact) mass is 354 g/mol. The lowest BCUT2D eigenvalue weighted by Gasteiger charge is -2.10. The largest absolute Gasteiger partial charge is 1.00 e. The normalized spacial score (nSPS) is 9.86. The van der Waals surface area contributed by atoms with Crippen LogP contribution in [0.15, 0.2) is 42.5 Å². The van der Waals surface area contributed by atoms with Crippen molar-refractivity contribution in [3.05, 3.63) is 59.4 Å². The Hall–Kier alpha value is -1.59. The molecule has 0 fully saturated rings. The molecule has 0 saturated carbocycles. The number of hydrogen-bond donors (Lipinski definition) is 1. The van der Waals surface area contributed by atoms with Crippen LogP contribution in [0.1, 0.15) is 11.1 Å². The zero-order valence-electron chi connectivity index (χ0n) is 12.0. The fourth-order valence-electron chi connectivity index (χ4n) is 1.94. The number of rotatable bonds is 6. The molecule has 2 aromatic rings. The van der Waals surface area contributed by atoms with Gasteiger partial charge in [-0.25, -0.2) is 4.39 Å². The molecule has 0 spiro atoms. The smallest absolute Gasteiger partial charge is 0.161 e. The summed E-state index contributed by atoms with van der Waals surface area (Å²) < 4.78 is 23.2. The van der Waals surface area contributed by atoms with Crippen molar-refractivity contribution in [3.63, 3.8) is 0 Å². The van der Waals surface area contributed by atoms with Crippen molar-refractivity contribution in [3.8, 4) is 11.5 Å². The van der Waals surface area contributed by atoms with E-state index in [1.54, 1.807) is 26.4 Å². The lowest BCUT2D eigenvalue weighted by Crippen LogP contribution is -3.00. The van der Waals surface area contributed by atoms with Crippen molar-refractivity contribution in [2.45, 2.75) is 13.1 Å². The summed E-state index contributed by atoms with van der Waals surface area (Å²) in [6.45, 7) is 1.40. The van der Waals surface area contributed by atoms with Crippen LogP contribution in [0, 0.1) is 5.82 Å². The first kappa shape index (κ1) is 17.5. The molecule has 0 aromatic heterocycles. The maximum atomic E-state index is 12.8. The molecular weight excluding hydrogens is 337 g/mol. The molecule has 0 amide bonds. The Morgan fingerprint density at radius 1 is 0.857 bits per heavy atom. The van der Waals surface area contributed by atoms with Gasteiger partial charge in [0.15, 0.2) is 11.5 Å². The van der Waals surface area contributed by atoms with Crippen LogP contribution in [0.25, 0.3) is 0 Å². The zero-order chi connectivity index (χ0) is 14.4. The predicted octanol–water partition coefficient (Wildman–Crippen LogP) is 0.137. The first-order valence-corrected chi connectivity index (χ1v) is 6.39. The second-order valence-corrected chi connectivity index (χ2v) is 4.42. The molecule has 0 aliphatic heterocycles. The average Bonchev–Trinajstić information content (AvgIpc) is 2.49. The second kappa shape index (κ2) is 8.64. The predicted molar refractivity (Wildman–Crippen MR) is 76.5 cm³/mol. The minimum absolute atomic E-state index is 0. The molecule has 0 heterocycles. The lowest BCUT2D eigenvalue weighted by atomic mass is 10.2. The van der Waals surface area contributed by atoms with Crippen LogP contribution in [0.4, 0.5) is 4.39 Å². The van der Waals surface area contributed by atoms with Crippen molar-refractivity contribution in [1.29, 1.82) is 0 Å². The van der Waals surface area contributed by atoms with Gasteiger partial charge in [-0.2, -0.15) is 0 Å². The third-order valence-electron chi connectivity index (χ3n) is 3.02. The summed E-state index contributed by atoms with van der Waals surface area (Å²) in [5.74, 6) is 1.22. The molecule has 114 valence electrons. The molecule has 1 N–H and O–H groups in total. The zero-order valence-corrected chi connectivity index (χ0v) is 13.6. The molecule has 0 radical (unpaired) electrons. The summed E-state index contributed by atoms with van der Waals surface area (Å²) >= 11 is 0. The quantitative estimate of drug-likeness (QED) is 0.800. The molecule has 3 nitrogen and oxygen atoms in total. The summed E-state index contributed by atoms with van der Waals surface area (Å²) in [5.41, 5.74) is 2.15. The number of halogens is 2. The van der Waals surface area contributed by atoms with Crippen LogP contribution in [-0.2, 0) is 13.1 Å². The lowest BCUT2D eigenvalue weighted by molar-refractivity contribution is -0.00000526. The molecule has 0 unspecified atom stereocenters. The van der Waals surface area contributed by atoms with Crippen LogP contribution in [-0.4, -0.2) is 14.2 Å². The van der Waals surface area contributed by atoms with Crippen LogP contribution < -0.4 is 31.8 Å². The van der Waals surface area contributed by atoms with E-state index in [0.29, 0.717) is 18.8 Å². The number of nitrogens with one attached hydrogen (secondary N) is 1. The van der Waals surface area contributed by atoms with Gasteiger partial charge in [-0.1, -0.05) is 18.2 Å². The van der Waals surface area contributed by atoms with Crippen molar-refractivity contribution in [1.82, 2.24) is 5.32 Å². The van der Waals surface area contributed by atoms with Crippen molar-refractivity contribution >= 4 is 0 Å². The van der Waals surface area contributed by atoms with Crippen molar-refractivity contribution in [2.75, 3.05) is 14.2 Å². The number of ether oxygens (including phenoxy) is 2. The Labute approximate surface area is 134 Å². The van der Waals surface area contributed by atoms with Crippen LogP contribution in [0.2, 0.25) is 0 Å². The Balaban J connectivity index is 0.00000220. The molecule has 0 atom stereocenters. The van der Waals surface area contributed by atoms with E-state index in [1.807, 2.05) is 18.2 Å². The molecule has 0 bridgehead atoms. The maximum absolute atomic E-state index is 12.8. The highest BCUT2D eigenvalue weighted by molar-refractivity contribution is 5.42. The summed E-state index contributed by atoms with van der Waals surface area (Å²) in [5, 5.41) is 3.31. The van der Waals surface area contributed by atoms with Gasteiger partial charge in [-0.15, -0.1) is 0 Å². The minimum Gasteiger partial charge on any atom is -1.00 e. The highest BCUT2D eigenvalue weighted by atomic mass is 79.9. The van der Waals surface area contributed by atoms with E-state index < -0.39 is 0 Å². The molecule has 5 heteroatoms. The first-order valence-electron chi connectivity index (χ1n) is 6.39. The third-order valence-corrected chi connectivity index (χ3v) is 3.02. The topological polar surface area (TPSA) is 30.5 Å². The van der Waals surface area contributed by atoms with Gasteiger partial charge in [0.2, 0.25) is 0 Å². The third kappa shape index (κ3) is 5.02. The van der Waals surface area contributed by atoms with Crippen LogP contribution >= 0.6 is 0 Å². The maximum Gasteiger partial charge on any atom is 0.161 e. The van der Waals surface area contributed by atoms with E-state index in [2.05, 4.69) is 5.32 Å². The molecule has 0 aliphatic rings. The molecular formula is C16H18BrFNO2-. The number of benzene rings is 2. The second-order valence-electron chi connectivity index (χ2n) is 4.42. The van der Waals surface area contributed by atoms with Gasteiger partial charge < -0.3 is 31.8 Å². The Morgan fingerprint density at radius 2 is 1.43 bits per heavy atom. The van der Waals surface area contributed by atoms with Crippen LogP contribution in [0.3, 0.4) is 0 Å². The Kier molecular flexibility index (Phi) is 7.19. The highest BCUT2D eigenvalue weighted by Gasteiger charge is 2.04. The van der Waals surface area contributed by atoms with E-state index >= 15 is 0 Å². The van der Waals surface area contributed by atoms with Gasteiger partial charge in [0.05, 0.1) is 14.2 Å². The molecule has 2 rings (SSSR count).